The van der Waals surface area contributed by atoms with Crippen LogP contribution in [-0.2, 0) is 11.2 Å². The van der Waals surface area contributed by atoms with Crippen molar-refractivity contribution in [3.63, 3.8) is 0 Å². The van der Waals surface area contributed by atoms with Gasteiger partial charge in [-0.15, -0.1) is 0 Å². The Morgan fingerprint density at radius 3 is 2.69 bits per heavy atom. The molecule has 0 fully saturated rings. The van der Waals surface area contributed by atoms with Gasteiger partial charge >= 0.3 is 5.97 Å². The first-order chi connectivity index (χ1) is 6.09. The molecule has 0 saturated carbocycles. The monoisotopic (exact) mass is 200 g/mol. The third-order valence-electron chi connectivity index (χ3n) is 1.64. The summed E-state index contributed by atoms with van der Waals surface area (Å²) in [6, 6.07) is 4.52. The lowest BCUT2D eigenvalue weighted by Crippen LogP contribution is -1.97. The van der Waals surface area contributed by atoms with Gasteiger partial charge in [-0.3, -0.25) is 4.79 Å². The minimum Gasteiger partial charge on any atom is -0.508 e. The maximum Gasteiger partial charge on any atom is 0.303 e. The van der Waals surface area contributed by atoms with Crippen LogP contribution < -0.4 is 0 Å². The average Bonchev–Trinajstić information content (AvgIpc) is 2.02. The highest BCUT2D eigenvalue weighted by atomic mass is 35.5. The van der Waals surface area contributed by atoms with Crippen molar-refractivity contribution in [1.29, 1.82) is 0 Å². The van der Waals surface area contributed by atoms with Crippen molar-refractivity contribution in [1.82, 2.24) is 0 Å². The summed E-state index contributed by atoms with van der Waals surface area (Å²) in [7, 11) is 0. The molecule has 0 aromatic heterocycles. The minimum atomic E-state index is -0.857. The Labute approximate surface area is 80.6 Å². The molecule has 0 aliphatic carbocycles. The standard InChI is InChI=1S/C9H9ClO3/c10-8-5-7(11)3-1-6(8)2-4-9(12)13/h1,3,5,11H,2,4H2,(H,12,13). The molecule has 70 valence electrons. The van der Waals surface area contributed by atoms with Gasteiger partial charge in [0.05, 0.1) is 0 Å². The van der Waals surface area contributed by atoms with Crippen molar-refractivity contribution < 1.29 is 15.0 Å². The molecular weight excluding hydrogens is 192 g/mol. The predicted molar refractivity (Wildman–Crippen MR) is 49.1 cm³/mol. The highest BCUT2D eigenvalue weighted by Crippen LogP contribution is 2.22. The predicted octanol–water partition coefficient (Wildman–Crippen LogP) is 2.06. The summed E-state index contributed by atoms with van der Waals surface area (Å²) in [5.74, 6) is -0.770. The van der Waals surface area contributed by atoms with E-state index in [9.17, 15) is 4.79 Å². The van der Waals surface area contributed by atoms with Crippen LogP contribution in [0.2, 0.25) is 5.02 Å². The second-order valence-electron chi connectivity index (χ2n) is 2.67. The summed E-state index contributed by atoms with van der Waals surface area (Å²) in [5, 5.41) is 17.8. The highest BCUT2D eigenvalue weighted by molar-refractivity contribution is 6.31. The van der Waals surface area contributed by atoms with Gasteiger partial charge in [0.15, 0.2) is 0 Å². The smallest absolute Gasteiger partial charge is 0.303 e. The van der Waals surface area contributed by atoms with E-state index in [0.717, 1.165) is 5.56 Å². The number of aliphatic carboxylic acids is 1. The maximum absolute atomic E-state index is 10.3. The number of carboxylic acid groups (broad SMARTS) is 1. The number of rotatable bonds is 3. The van der Waals surface area contributed by atoms with Crippen LogP contribution >= 0.6 is 11.6 Å². The molecule has 0 unspecified atom stereocenters. The van der Waals surface area contributed by atoms with Gasteiger partial charge in [-0.05, 0) is 24.1 Å². The van der Waals surface area contributed by atoms with E-state index >= 15 is 0 Å². The quantitative estimate of drug-likeness (QED) is 0.785. The van der Waals surface area contributed by atoms with Gasteiger partial charge in [-0.25, -0.2) is 0 Å². The number of aromatic hydroxyl groups is 1. The van der Waals surface area contributed by atoms with Crippen LogP contribution in [0.4, 0.5) is 0 Å². The number of halogens is 1. The Morgan fingerprint density at radius 2 is 2.15 bits per heavy atom. The molecule has 0 saturated heterocycles. The van der Waals surface area contributed by atoms with Gasteiger partial charge in [-0.2, -0.15) is 0 Å². The van der Waals surface area contributed by atoms with E-state index < -0.39 is 5.97 Å². The Kier molecular flexibility index (Phi) is 3.14. The topological polar surface area (TPSA) is 57.5 Å². The van der Waals surface area contributed by atoms with Gasteiger partial charge in [-0.1, -0.05) is 17.7 Å². The first-order valence-electron chi connectivity index (χ1n) is 3.79. The van der Waals surface area contributed by atoms with Crippen LogP contribution in [0.5, 0.6) is 5.75 Å². The summed E-state index contributed by atoms with van der Waals surface area (Å²) in [6.45, 7) is 0. The van der Waals surface area contributed by atoms with E-state index in [1.54, 1.807) is 6.07 Å². The van der Waals surface area contributed by atoms with E-state index in [0.29, 0.717) is 11.4 Å². The number of hydrogen-bond donors (Lipinski definition) is 2. The molecule has 0 atom stereocenters. The molecule has 2 N–H and O–H groups in total. The van der Waals surface area contributed by atoms with Gasteiger partial charge < -0.3 is 10.2 Å². The molecule has 1 aromatic rings. The van der Waals surface area contributed by atoms with E-state index in [1.807, 2.05) is 0 Å². The molecular formula is C9H9ClO3. The van der Waals surface area contributed by atoms with Crippen molar-refractivity contribution in [3.05, 3.63) is 28.8 Å². The fourth-order valence-corrected chi connectivity index (χ4v) is 1.25. The van der Waals surface area contributed by atoms with Crippen LogP contribution in [0.25, 0.3) is 0 Å². The lowest BCUT2D eigenvalue weighted by Gasteiger charge is -2.02. The minimum absolute atomic E-state index is 0.0461. The average molecular weight is 201 g/mol. The number of aryl methyl sites for hydroxylation is 1. The van der Waals surface area contributed by atoms with Crippen molar-refractivity contribution >= 4 is 17.6 Å². The maximum atomic E-state index is 10.3. The van der Waals surface area contributed by atoms with E-state index in [1.165, 1.54) is 12.1 Å². The zero-order chi connectivity index (χ0) is 9.84. The normalized spacial score (nSPS) is 9.92. The number of carbonyl (C=O) groups is 1. The fourth-order valence-electron chi connectivity index (χ4n) is 0.981. The van der Waals surface area contributed by atoms with Crippen LogP contribution in [-0.4, -0.2) is 16.2 Å². The molecule has 0 radical (unpaired) electrons. The number of carboxylic acids is 1. The molecule has 1 rings (SSSR count). The Balaban J connectivity index is 2.72. The van der Waals surface area contributed by atoms with E-state index in [4.69, 9.17) is 21.8 Å². The van der Waals surface area contributed by atoms with Gasteiger partial charge in [0, 0.05) is 11.4 Å². The molecule has 0 spiro atoms. The first kappa shape index (κ1) is 9.86. The van der Waals surface area contributed by atoms with Gasteiger partial charge in [0.25, 0.3) is 0 Å². The van der Waals surface area contributed by atoms with E-state index in [-0.39, 0.29) is 12.2 Å². The lowest BCUT2D eigenvalue weighted by atomic mass is 10.1. The van der Waals surface area contributed by atoms with Crippen LogP contribution in [0.1, 0.15) is 12.0 Å². The van der Waals surface area contributed by atoms with E-state index in [2.05, 4.69) is 0 Å². The third-order valence-corrected chi connectivity index (χ3v) is 2.00. The Hall–Kier alpha value is -1.22. The Bertz CT molecular complexity index is 323. The SMILES string of the molecule is O=C(O)CCc1ccc(O)cc1Cl. The molecule has 4 heteroatoms. The van der Waals surface area contributed by atoms with Crippen LogP contribution in [0.15, 0.2) is 18.2 Å². The highest BCUT2D eigenvalue weighted by Gasteiger charge is 2.03. The van der Waals surface area contributed by atoms with Gasteiger partial charge in [0.1, 0.15) is 5.75 Å². The molecule has 0 bridgehead atoms. The number of phenolic OH excluding ortho intramolecular Hbond substituents is 1. The van der Waals surface area contributed by atoms with Crippen molar-refractivity contribution in [2.24, 2.45) is 0 Å². The second-order valence-corrected chi connectivity index (χ2v) is 3.08. The van der Waals surface area contributed by atoms with Crippen LogP contribution in [0, 0.1) is 0 Å². The van der Waals surface area contributed by atoms with Crippen molar-refractivity contribution in [2.75, 3.05) is 0 Å². The summed E-state index contributed by atoms with van der Waals surface area (Å²) >= 11 is 5.76. The van der Waals surface area contributed by atoms with Crippen molar-refractivity contribution in [2.45, 2.75) is 12.8 Å². The molecule has 0 aliphatic heterocycles. The first-order valence-corrected chi connectivity index (χ1v) is 4.16. The molecule has 0 amide bonds. The molecule has 13 heavy (non-hydrogen) atoms. The van der Waals surface area contributed by atoms with Crippen molar-refractivity contribution in [3.8, 4) is 5.75 Å². The summed E-state index contributed by atoms with van der Waals surface area (Å²) < 4.78 is 0. The summed E-state index contributed by atoms with van der Waals surface area (Å²) in [5.41, 5.74) is 0.738. The fraction of sp³-hybridized carbons (Fsp3) is 0.222. The lowest BCUT2D eigenvalue weighted by molar-refractivity contribution is -0.136. The molecule has 0 aliphatic rings. The summed E-state index contributed by atoms with van der Waals surface area (Å²) in [6.07, 6.45) is 0.430. The molecule has 3 nitrogen and oxygen atoms in total. The number of phenols is 1. The van der Waals surface area contributed by atoms with Gasteiger partial charge in [0.2, 0.25) is 0 Å². The zero-order valence-electron chi connectivity index (χ0n) is 6.83. The number of benzene rings is 1. The van der Waals surface area contributed by atoms with Crippen LogP contribution in [0.3, 0.4) is 0 Å². The summed E-state index contributed by atoms with van der Waals surface area (Å²) in [4.78, 5) is 10.3. The Morgan fingerprint density at radius 1 is 1.46 bits per heavy atom. The largest absolute Gasteiger partial charge is 0.508 e. The third kappa shape index (κ3) is 2.95. The second kappa shape index (κ2) is 4.14. The molecule has 1 aromatic carbocycles. The number of hydrogen-bond acceptors (Lipinski definition) is 2. The molecule has 0 heterocycles. The zero-order valence-corrected chi connectivity index (χ0v) is 7.58.